The summed E-state index contributed by atoms with van der Waals surface area (Å²) < 4.78 is 0. The van der Waals surface area contributed by atoms with Crippen molar-refractivity contribution in [3.05, 3.63) is 29.3 Å². The first-order chi connectivity index (χ1) is 7.20. The summed E-state index contributed by atoms with van der Waals surface area (Å²) in [6.07, 6.45) is 0.960. The Labute approximate surface area is 95.3 Å². The molecule has 0 bridgehead atoms. The molecule has 0 amide bonds. The molecule has 1 rings (SSSR count). The Morgan fingerprint density at radius 2 is 2.13 bits per heavy atom. The standard InChI is InChI=1S/C12H18O2S/c1-3-11(15-8-7-13)10-6-4-5-9(2)12(10)14/h4-6,11,13-14H,3,7-8H2,1-2H3. The second-order valence-electron chi connectivity index (χ2n) is 3.50. The number of phenolic OH excluding ortho intramolecular Hbond substituents is 1. The number of para-hydroxylation sites is 1. The number of thioether (sulfide) groups is 1. The van der Waals surface area contributed by atoms with Crippen LogP contribution in [0.15, 0.2) is 18.2 Å². The fourth-order valence-electron chi connectivity index (χ4n) is 1.56. The first kappa shape index (κ1) is 12.4. The van der Waals surface area contributed by atoms with Gasteiger partial charge in [0.25, 0.3) is 0 Å². The Hall–Kier alpha value is -0.670. The van der Waals surface area contributed by atoms with E-state index in [-0.39, 0.29) is 11.9 Å². The van der Waals surface area contributed by atoms with Crippen molar-refractivity contribution in [3.8, 4) is 5.75 Å². The van der Waals surface area contributed by atoms with Gasteiger partial charge in [-0.2, -0.15) is 11.8 Å². The Morgan fingerprint density at radius 1 is 1.40 bits per heavy atom. The third kappa shape index (κ3) is 3.14. The second-order valence-corrected chi connectivity index (χ2v) is 4.81. The highest BCUT2D eigenvalue weighted by Crippen LogP contribution is 2.37. The SMILES string of the molecule is CCC(SCCO)c1cccc(C)c1O. The number of hydrogen-bond acceptors (Lipinski definition) is 3. The van der Waals surface area contributed by atoms with Crippen molar-refractivity contribution in [2.75, 3.05) is 12.4 Å². The number of aryl methyl sites for hydroxylation is 1. The molecule has 0 radical (unpaired) electrons. The summed E-state index contributed by atoms with van der Waals surface area (Å²) in [5.41, 5.74) is 1.89. The first-order valence-electron chi connectivity index (χ1n) is 5.21. The minimum atomic E-state index is 0.188. The number of aliphatic hydroxyl groups is 1. The first-order valence-corrected chi connectivity index (χ1v) is 6.26. The molecular weight excluding hydrogens is 208 g/mol. The van der Waals surface area contributed by atoms with Gasteiger partial charge in [-0.15, -0.1) is 0 Å². The van der Waals surface area contributed by atoms with E-state index in [2.05, 4.69) is 6.92 Å². The Bertz CT molecular complexity index is 312. The molecule has 0 aliphatic carbocycles. The predicted molar refractivity (Wildman–Crippen MR) is 65.4 cm³/mol. The molecule has 0 spiro atoms. The molecule has 0 aromatic heterocycles. The van der Waals surface area contributed by atoms with E-state index in [0.717, 1.165) is 17.5 Å². The molecule has 0 aliphatic heterocycles. The van der Waals surface area contributed by atoms with E-state index in [1.54, 1.807) is 11.8 Å². The molecule has 15 heavy (non-hydrogen) atoms. The van der Waals surface area contributed by atoms with Crippen molar-refractivity contribution in [1.29, 1.82) is 0 Å². The van der Waals surface area contributed by atoms with Crippen LogP contribution in [0.1, 0.15) is 29.7 Å². The van der Waals surface area contributed by atoms with E-state index in [1.807, 2.05) is 25.1 Å². The van der Waals surface area contributed by atoms with Crippen LogP contribution in [0.3, 0.4) is 0 Å². The van der Waals surface area contributed by atoms with Crippen LogP contribution in [-0.2, 0) is 0 Å². The molecule has 0 saturated carbocycles. The third-order valence-electron chi connectivity index (χ3n) is 2.40. The van der Waals surface area contributed by atoms with Gasteiger partial charge in [0.05, 0.1) is 6.61 Å². The lowest BCUT2D eigenvalue weighted by Gasteiger charge is -2.16. The van der Waals surface area contributed by atoms with Crippen molar-refractivity contribution in [1.82, 2.24) is 0 Å². The van der Waals surface area contributed by atoms with Crippen molar-refractivity contribution in [2.45, 2.75) is 25.5 Å². The van der Waals surface area contributed by atoms with Gasteiger partial charge < -0.3 is 10.2 Å². The van der Waals surface area contributed by atoms with Crippen molar-refractivity contribution in [2.24, 2.45) is 0 Å². The molecule has 0 saturated heterocycles. The van der Waals surface area contributed by atoms with Crippen molar-refractivity contribution < 1.29 is 10.2 Å². The molecule has 1 aromatic rings. The van der Waals surface area contributed by atoms with Crippen LogP contribution in [-0.4, -0.2) is 22.6 Å². The van der Waals surface area contributed by atoms with Crippen LogP contribution in [0, 0.1) is 6.92 Å². The molecule has 84 valence electrons. The molecule has 0 aliphatic rings. The molecule has 2 nitrogen and oxygen atoms in total. The number of phenols is 1. The van der Waals surface area contributed by atoms with Gasteiger partial charge in [0, 0.05) is 16.6 Å². The zero-order valence-electron chi connectivity index (χ0n) is 9.23. The van der Waals surface area contributed by atoms with E-state index in [4.69, 9.17) is 5.11 Å². The number of rotatable bonds is 5. The predicted octanol–water partition coefficient (Wildman–Crippen LogP) is 2.88. The average molecular weight is 226 g/mol. The highest BCUT2D eigenvalue weighted by atomic mass is 32.2. The van der Waals surface area contributed by atoms with Gasteiger partial charge in [-0.25, -0.2) is 0 Å². The third-order valence-corrected chi connectivity index (χ3v) is 3.80. The Kier molecular flexibility index (Phi) is 4.99. The van der Waals surface area contributed by atoms with Crippen molar-refractivity contribution >= 4 is 11.8 Å². The van der Waals surface area contributed by atoms with Crippen LogP contribution in [0.25, 0.3) is 0 Å². The maximum absolute atomic E-state index is 9.92. The van der Waals surface area contributed by atoms with E-state index in [1.165, 1.54) is 0 Å². The monoisotopic (exact) mass is 226 g/mol. The van der Waals surface area contributed by atoms with E-state index < -0.39 is 0 Å². The number of aliphatic hydroxyl groups excluding tert-OH is 1. The maximum Gasteiger partial charge on any atom is 0.122 e. The summed E-state index contributed by atoms with van der Waals surface area (Å²) in [6.45, 7) is 4.19. The summed E-state index contributed by atoms with van der Waals surface area (Å²) in [4.78, 5) is 0. The summed E-state index contributed by atoms with van der Waals surface area (Å²) in [7, 11) is 0. The maximum atomic E-state index is 9.92. The summed E-state index contributed by atoms with van der Waals surface area (Å²) in [5.74, 6) is 1.11. The van der Waals surface area contributed by atoms with Gasteiger partial charge in [-0.3, -0.25) is 0 Å². The minimum Gasteiger partial charge on any atom is -0.507 e. The Morgan fingerprint density at radius 3 is 2.73 bits per heavy atom. The lowest BCUT2D eigenvalue weighted by atomic mass is 10.1. The minimum absolute atomic E-state index is 0.188. The summed E-state index contributed by atoms with van der Waals surface area (Å²) in [5, 5.41) is 19.0. The van der Waals surface area contributed by atoms with Crippen LogP contribution in [0.2, 0.25) is 0 Å². The van der Waals surface area contributed by atoms with Crippen molar-refractivity contribution in [3.63, 3.8) is 0 Å². The fourth-order valence-corrected chi connectivity index (χ4v) is 2.56. The van der Waals surface area contributed by atoms with Crippen LogP contribution < -0.4 is 0 Å². The Balaban J connectivity index is 2.86. The van der Waals surface area contributed by atoms with Gasteiger partial charge in [0.15, 0.2) is 0 Å². The molecule has 1 atom stereocenters. The number of hydrogen-bond donors (Lipinski definition) is 2. The summed E-state index contributed by atoms with van der Waals surface area (Å²) in [6, 6.07) is 5.83. The summed E-state index contributed by atoms with van der Waals surface area (Å²) >= 11 is 1.69. The lowest BCUT2D eigenvalue weighted by molar-refractivity contribution is 0.322. The van der Waals surface area contributed by atoms with Gasteiger partial charge in [-0.05, 0) is 18.9 Å². The van der Waals surface area contributed by atoms with E-state index in [0.29, 0.717) is 11.5 Å². The average Bonchev–Trinajstić information content (AvgIpc) is 2.25. The molecule has 3 heteroatoms. The lowest BCUT2D eigenvalue weighted by Crippen LogP contribution is -1.97. The van der Waals surface area contributed by atoms with Crippen LogP contribution in [0.4, 0.5) is 0 Å². The quantitative estimate of drug-likeness (QED) is 0.811. The zero-order valence-corrected chi connectivity index (χ0v) is 10.0. The highest BCUT2D eigenvalue weighted by molar-refractivity contribution is 7.99. The largest absolute Gasteiger partial charge is 0.507 e. The topological polar surface area (TPSA) is 40.5 Å². The second kappa shape index (κ2) is 6.03. The fraction of sp³-hybridized carbons (Fsp3) is 0.500. The van der Waals surface area contributed by atoms with E-state index in [9.17, 15) is 5.11 Å². The molecule has 0 fully saturated rings. The normalized spacial score (nSPS) is 12.7. The van der Waals surface area contributed by atoms with E-state index >= 15 is 0 Å². The molecule has 2 N–H and O–H groups in total. The molecule has 1 unspecified atom stereocenters. The van der Waals surface area contributed by atoms with Gasteiger partial charge in [0.2, 0.25) is 0 Å². The highest BCUT2D eigenvalue weighted by Gasteiger charge is 2.14. The van der Waals surface area contributed by atoms with Gasteiger partial charge in [0.1, 0.15) is 5.75 Å². The smallest absolute Gasteiger partial charge is 0.122 e. The van der Waals surface area contributed by atoms with Gasteiger partial charge >= 0.3 is 0 Å². The van der Waals surface area contributed by atoms with Gasteiger partial charge in [-0.1, -0.05) is 25.1 Å². The van der Waals surface area contributed by atoms with Crippen LogP contribution >= 0.6 is 11.8 Å². The molecular formula is C12H18O2S. The molecule has 0 heterocycles. The zero-order chi connectivity index (χ0) is 11.3. The number of aromatic hydroxyl groups is 1. The number of benzene rings is 1. The molecule has 1 aromatic carbocycles. The van der Waals surface area contributed by atoms with Crippen LogP contribution in [0.5, 0.6) is 5.75 Å².